The zero-order chi connectivity index (χ0) is 17.1. The Morgan fingerprint density at radius 3 is 2.76 bits per heavy atom. The minimum Gasteiger partial charge on any atom is -0.508 e. The minimum atomic E-state index is 0.0471. The number of nitrogens with one attached hydrogen (secondary N) is 1. The Hall–Kier alpha value is -2.63. The summed E-state index contributed by atoms with van der Waals surface area (Å²) in [5, 5.41) is 10.1. The molecule has 5 heteroatoms. The van der Waals surface area contributed by atoms with Crippen molar-refractivity contribution in [3.05, 3.63) is 72.2 Å². The maximum Gasteiger partial charge on any atom is 0.126 e. The fourth-order valence-corrected chi connectivity index (χ4v) is 3.21. The van der Waals surface area contributed by atoms with Gasteiger partial charge in [0.05, 0.1) is 31.1 Å². The van der Waals surface area contributed by atoms with Gasteiger partial charge in [0.2, 0.25) is 0 Å². The molecule has 2 aromatic carbocycles. The Morgan fingerprint density at radius 2 is 1.92 bits per heavy atom. The number of phenolic OH excluding ortho intramolecular Hbond substituents is 1. The van der Waals surface area contributed by atoms with E-state index >= 15 is 0 Å². The van der Waals surface area contributed by atoms with Crippen molar-refractivity contribution in [2.24, 2.45) is 0 Å². The summed E-state index contributed by atoms with van der Waals surface area (Å²) in [6, 6.07) is 17.7. The van der Waals surface area contributed by atoms with E-state index in [9.17, 15) is 5.11 Å². The molecule has 4 rings (SSSR count). The maximum absolute atomic E-state index is 10.1. The van der Waals surface area contributed by atoms with E-state index in [1.165, 1.54) is 0 Å². The predicted octanol–water partition coefficient (Wildman–Crippen LogP) is 3.36. The number of hydrogen-bond acceptors (Lipinski definition) is 4. The second-order valence-corrected chi connectivity index (χ2v) is 6.24. The third-order valence-corrected chi connectivity index (χ3v) is 4.60. The molecule has 0 radical (unpaired) electrons. The van der Waals surface area contributed by atoms with Crippen LogP contribution in [0.25, 0.3) is 11.3 Å². The molecule has 0 amide bonds. The summed E-state index contributed by atoms with van der Waals surface area (Å²) in [6.45, 7) is 2.76. The van der Waals surface area contributed by atoms with Gasteiger partial charge < -0.3 is 14.8 Å². The van der Waals surface area contributed by atoms with Crippen LogP contribution in [0.5, 0.6) is 5.75 Å². The highest BCUT2D eigenvalue weighted by Gasteiger charge is 2.27. The number of nitrogens with zero attached hydrogens (tertiary/aromatic N) is 2. The third-order valence-electron chi connectivity index (χ3n) is 4.60. The number of aromatic hydroxyl groups is 1. The number of aromatic nitrogens is 2. The molecule has 5 nitrogen and oxygen atoms in total. The highest BCUT2D eigenvalue weighted by molar-refractivity contribution is 5.58. The maximum atomic E-state index is 10.1. The van der Waals surface area contributed by atoms with E-state index < -0.39 is 0 Å². The highest BCUT2D eigenvalue weighted by Crippen LogP contribution is 2.28. The number of phenols is 1. The number of imidazole rings is 1. The number of morpholine rings is 1. The molecule has 0 saturated carbocycles. The molecule has 128 valence electrons. The minimum absolute atomic E-state index is 0.0471. The SMILES string of the molecule is Oc1ccccc1CN1CCOC[C@H]1c1ncc(-c2ccccc2)[nH]1. The molecule has 2 heterocycles. The first-order valence-corrected chi connectivity index (χ1v) is 8.50. The van der Waals surface area contributed by atoms with Gasteiger partial charge in [-0.15, -0.1) is 0 Å². The van der Waals surface area contributed by atoms with Gasteiger partial charge >= 0.3 is 0 Å². The van der Waals surface area contributed by atoms with Gasteiger partial charge in [0.15, 0.2) is 0 Å². The van der Waals surface area contributed by atoms with Gasteiger partial charge in [-0.25, -0.2) is 4.98 Å². The third kappa shape index (κ3) is 3.43. The number of para-hydroxylation sites is 1. The molecule has 25 heavy (non-hydrogen) atoms. The summed E-state index contributed by atoms with van der Waals surface area (Å²) in [6.07, 6.45) is 1.87. The second-order valence-electron chi connectivity index (χ2n) is 6.24. The lowest BCUT2D eigenvalue weighted by Crippen LogP contribution is -2.39. The van der Waals surface area contributed by atoms with Crippen LogP contribution in [0.15, 0.2) is 60.8 Å². The van der Waals surface area contributed by atoms with Crippen molar-refractivity contribution in [1.82, 2.24) is 14.9 Å². The quantitative estimate of drug-likeness (QED) is 0.767. The lowest BCUT2D eigenvalue weighted by molar-refractivity contribution is -0.0158. The molecule has 1 saturated heterocycles. The summed E-state index contributed by atoms with van der Waals surface area (Å²) >= 11 is 0. The Balaban J connectivity index is 1.57. The van der Waals surface area contributed by atoms with Crippen molar-refractivity contribution in [2.75, 3.05) is 19.8 Å². The van der Waals surface area contributed by atoms with Gasteiger partial charge in [0, 0.05) is 18.7 Å². The number of rotatable bonds is 4. The first-order valence-electron chi connectivity index (χ1n) is 8.50. The molecule has 2 N–H and O–H groups in total. The summed E-state index contributed by atoms with van der Waals surface area (Å²) < 4.78 is 5.69. The first kappa shape index (κ1) is 15.9. The van der Waals surface area contributed by atoms with Crippen LogP contribution in [0.1, 0.15) is 17.4 Å². The average Bonchev–Trinajstić information content (AvgIpc) is 3.15. The molecule has 0 bridgehead atoms. The van der Waals surface area contributed by atoms with Crippen LogP contribution in [0.3, 0.4) is 0 Å². The van der Waals surface area contributed by atoms with Crippen LogP contribution in [-0.4, -0.2) is 39.7 Å². The van der Waals surface area contributed by atoms with E-state index in [1.807, 2.05) is 42.6 Å². The number of benzene rings is 2. The van der Waals surface area contributed by atoms with Gasteiger partial charge in [-0.05, 0) is 11.6 Å². The van der Waals surface area contributed by atoms with Gasteiger partial charge in [0.1, 0.15) is 11.6 Å². The smallest absolute Gasteiger partial charge is 0.126 e. The number of ether oxygens (including phenoxy) is 1. The molecule has 0 unspecified atom stereocenters. The van der Waals surface area contributed by atoms with E-state index in [4.69, 9.17) is 4.74 Å². The van der Waals surface area contributed by atoms with Crippen molar-refractivity contribution in [1.29, 1.82) is 0 Å². The van der Waals surface area contributed by atoms with Crippen LogP contribution in [0.2, 0.25) is 0 Å². The van der Waals surface area contributed by atoms with Crippen LogP contribution in [0.4, 0.5) is 0 Å². The monoisotopic (exact) mass is 335 g/mol. The number of H-pyrrole nitrogens is 1. The fraction of sp³-hybridized carbons (Fsp3) is 0.250. The molecular weight excluding hydrogens is 314 g/mol. The normalized spacial score (nSPS) is 18.3. The lowest BCUT2D eigenvalue weighted by atomic mass is 10.1. The van der Waals surface area contributed by atoms with E-state index in [2.05, 4.69) is 27.0 Å². The summed E-state index contributed by atoms with van der Waals surface area (Å²) in [5.41, 5.74) is 3.04. The van der Waals surface area contributed by atoms with Crippen LogP contribution in [0, 0.1) is 0 Å². The Morgan fingerprint density at radius 1 is 1.12 bits per heavy atom. The Bertz CT molecular complexity index is 832. The molecule has 1 fully saturated rings. The number of aromatic amines is 1. The topological polar surface area (TPSA) is 61.4 Å². The van der Waals surface area contributed by atoms with Crippen molar-refractivity contribution in [2.45, 2.75) is 12.6 Å². The van der Waals surface area contributed by atoms with Crippen molar-refractivity contribution < 1.29 is 9.84 Å². The van der Waals surface area contributed by atoms with Gasteiger partial charge in [0.25, 0.3) is 0 Å². The van der Waals surface area contributed by atoms with E-state index in [0.29, 0.717) is 25.5 Å². The summed E-state index contributed by atoms with van der Waals surface area (Å²) in [4.78, 5) is 10.3. The van der Waals surface area contributed by atoms with Gasteiger partial charge in [-0.3, -0.25) is 4.90 Å². The van der Waals surface area contributed by atoms with Crippen LogP contribution < -0.4 is 0 Å². The van der Waals surface area contributed by atoms with Gasteiger partial charge in [-0.1, -0.05) is 48.5 Å². The fourth-order valence-electron chi connectivity index (χ4n) is 3.21. The summed E-state index contributed by atoms with van der Waals surface area (Å²) in [7, 11) is 0. The van der Waals surface area contributed by atoms with Crippen molar-refractivity contribution in [3.8, 4) is 17.0 Å². The Kier molecular flexibility index (Phi) is 4.50. The molecule has 1 aliphatic heterocycles. The molecular formula is C20H21N3O2. The average molecular weight is 335 g/mol. The van der Waals surface area contributed by atoms with Gasteiger partial charge in [-0.2, -0.15) is 0 Å². The van der Waals surface area contributed by atoms with Crippen molar-refractivity contribution >= 4 is 0 Å². The lowest BCUT2D eigenvalue weighted by Gasteiger charge is -2.34. The molecule has 0 aliphatic carbocycles. The molecule has 1 aromatic heterocycles. The Labute approximate surface area is 146 Å². The zero-order valence-electron chi connectivity index (χ0n) is 13.9. The van der Waals surface area contributed by atoms with E-state index in [1.54, 1.807) is 6.07 Å². The largest absolute Gasteiger partial charge is 0.508 e. The molecule has 3 aromatic rings. The second kappa shape index (κ2) is 7.09. The van der Waals surface area contributed by atoms with Crippen molar-refractivity contribution in [3.63, 3.8) is 0 Å². The zero-order valence-corrected chi connectivity index (χ0v) is 13.9. The first-order chi connectivity index (χ1) is 12.3. The van der Waals surface area contributed by atoms with Crippen LogP contribution in [-0.2, 0) is 11.3 Å². The molecule has 1 aliphatic rings. The highest BCUT2D eigenvalue weighted by atomic mass is 16.5. The van der Waals surface area contributed by atoms with Crippen LogP contribution >= 0.6 is 0 Å². The standard InChI is InChI=1S/C20H21N3O2/c24-19-9-5-4-8-16(19)13-23-10-11-25-14-18(23)20-21-12-17(22-20)15-6-2-1-3-7-15/h1-9,12,18,24H,10-11,13-14H2,(H,21,22)/t18-/m0/s1. The molecule has 0 spiro atoms. The van der Waals surface area contributed by atoms with E-state index in [0.717, 1.165) is 29.2 Å². The van der Waals surface area contributed by atoms with E-state index in [-0.39, 0.29) is 6.04 Å². The molecule has 1 atom stereocenters. The summed E-state index contributed by atoms with van der Waals surface area (Å²) in [5.74, 6) is 1.23. The predicted molar refractivity (Wildman–Crippen MR) is 96.1 cm³/mol. The number of hydrogen-bond donors (Lipinski definition) is 2.